The summed E-state index contributed by atoms with van der Waals surface area (Å²) in [5, 5.41) is 3.35. The first kappa shape index (κ1) is 16.1. The molecule has 5 heteroatoms. The van der Waals surface area contributed by atoms with E-state index in [4.69, 9.17) is 4.74 Å². The molecule has 2 aromatic carbocycles. The largest absolute Gasteiger partial charge is 0.481 e. The van der Waals surface area contributed by atoms with Crippen LogP contribution < -0.4 is 15.0 Å². The third-order valence-corrected chi connectivity index (χ3v) is 3.86. The van der Waals surface area contributed by atoms with Gasteiger partial charge in [0.25, 0.3) is 5.91 Å². The number of hydrogen-bond donors (Lipinski definition) is 1. The Kier molecular flexibility index (Phi) is 4.51. The summed E-state index contributed by atoms with van der Waals surface area (Å²) in [6, 6.07) is 13.9. The van der Waals surface area contributed by atoms with Crippen LogP contribution >= 0.6 is 0 Å². The standard InChI is InChI=1S/C19H20N2O3/c1-13-4-3-5-15(8-13)10-20-16-6-7-17-18(9-16)24-12-19(23)21(17)11-14(2)22/h3-9,20H,10-12H2,1-2H3. The summed E-state index contributed by atoms with van der Waals surface area (Å²) in [5.74, 6) is 0.362. The maximum atomic E-state index is 12.0. The molecule has 1 aliphatic heterocycles. The summed E-state index contributed by atoms with van der Waals surface area (Å²) < 4.78 is 5.52. The Morgan fingerprint density at radius 1 is 1.25 bits per heavy atom. The first-order valence-electron chi connectivity index (χ1n) is 7.89. The number of carbonyl (C=O) groups excluding carboxylic acids is 2. The van der Waals surface area contributed by atoms with E-state index in [2.05, 4.69) is 30.4 Å². The van der Waals surface area contributed by atoms with Crippen molar-refractivity contribution in [3.8, 4) is 5.75 Å². The van der Waals surface area contributed by atoms with E-state index in [0.29, 0.717) is 18.0 Å². The van der Waals surface area contributed by atoms with E-state index in [0.717, 1.165) is 5.69 Å². The number of nitrogens with one attached hydrogen (secondary N) is 1. The van der Waals surface area contributed by atoms with Crippen LogP contribution in [-0.2, 0) is 16.1 Å². The van der Waals surface area contributed by atoms with E-state index < -0.39 is 0 Å². The molecule has 24 heavy (non-hydrogen) atoms. The predicted molar refractivity (Wildman–Crippen MR) is 93.5 cm³/mol. The van der Waals surface area contributed by atoms with Gasteiger partial charge in [-0.15, -0.1) is 0 Å². The lowest BCUT2D eigenvalue weighted by Gasteiger charge is -2.29. The molecule has 0 aliphatic carbocycles. The highest BCUT2D eigenvalue weighted by Crippen LogP contribution is 2.34. The van der Waals surface area contributed by atoms with Gasteiger partial charge in [0.05, 0.1) is 12.2 Å². The van der Waals surface area contributed by atoms with Crippen molar-refractivity contribution in [1.82, 2.24) is 0 Å². The average molecular weight is 324 g/mol. The summed E-state index contributed by atoms with van der Waals surface area (Å²) in [6.07, 6.45) is 0. The molecule has 3 rings (SSSR count). The van der Waals surface area contributed by atoms with Crippen LogP contribution in [0.25, 0.3) is 0 Å². The topological polar surface area (TPSA) is 58.6 Å². The maximum absolute atomic E-state index is 12.0. The van der Waals surface area contributed by atoms with Gasteiger partial charge in [-0.3, -0.25) is 14.5 Å². The summed E-state index contributed by atoms with van der Waals surface area (Å²) >= 11 is 0. The highest BCUT2D eigenvalue weighted by atomic mass is 16.5. The van der Waals surface area contributed by atoms with Crippen LogP contribution in [0, 0.1) is 6.92 Å². The minimum absolute atomic E-state index is 0.0401. The number of Topliss-reactive ketones (excluding diaryl/α,β-unsaturated/α-hetero) is 1. The molecule has 0 unspecified atom stereocenters. The Morgan fingerprint density at radius 2 is 2.08 bits per heavy atom. The van der Waals surface area contributed by atoms with Crippen LogP contribution in [0.5, 0.6) is 5.75 Å². The zero-order valence-corrected chi connectivity index (χ0v) is 13.8. The third kappa shape index (κ3) is 3.56. The number of hydrogen-bond acceptors (Lipinski definition) is 4. The summed E-state index contributed by atoms with van der Waals surface area (Å²) in [4.78, 5) is 24.8. The molecule has 0 fully saturated rings. The van der Waals surface area contributed by atoms with Crippen molar-refractivity contribution in [1.29, 1.82) is 0 Å². The Bertz CT molecular complexity index is 786. The first-order chi connectivity index (χ1) is 11.5. The second-order valence-corrected chi connectivity index (χ2v) is 6.00. The van der Waals surface area contributed by atoms with Crippen molar-refractivity contribution in [2.24, 2.45) is 0 Å². The molecule has 124 valence electrons. The normalized spacial score (nSPS) is 13.2. The molecule has 1 heterocycles. The average Bonchev–Trinajstić information content (AvgIpc) is 2.55. The number of carbonyl (C=O) groups is 2. The molecule has 0 bridgehead atoms. The molecule has 0 spiro atoms. The van der Waals surface area contributed by atoms with Crippen molar-refractivity contribution in [3.05, 3.63) is 53.6 Å². The zero-order chi connectivity index (χ0) is 17.1. The van der Waals surface area contributed by atoms with Crippen LogP contribution in [0.3, 0.4) is 0 Å². The Balaban J connectivity index is 1.76. The molecule has 0 atom stereocenters. The fourth-order valence-corrected chi connectivity index (χ4v) is 2.74. The number of amides is 1. The van der Waals surface area contributed by atoms with Gasteiger partial charge in [-0.05, 0) is 31.5 Å². The number of nitrogens with zero attached hydrogens (tertiary/aromatic N) is 1. The van der Waals surface area contributed by atoms with Crippen LogP contribution in [0.1, 0.15) is 18.1 Å². The van der Waals surface area contributed by atoms with Gasteiger partial charge >= 0.3 is 0 Å². The summed E-state index contributed by atoms with van der Waals surface area (Å²) in [6.45, 7) is 4.28. The first-order valence-corrected chi connectivity index (χ1v) is 7.89. The number of rotatable bonds is 5. The van der Waals surface area contributed by atoms with Crippen molar-refractivity contribution in [2.45, 2.75) is 20.4 Å². The van der Waals surface area contributed by atoms with E-state index in [1.165, 1.54) is 23.0 Å². The lowest BCUT2D eigenvalue weighted by atomic mass is 10.1. The molecular formula is C19H20N2O3. The smallest absolute Gasteiger partial charge is 0.265 e. The molecule has 0 aromatic heterocycles. The lowest BCUT2D eigenvalue weighted by Crippen LogP contribution is -2.41. The molecule has 0 radical (unpaired) electrons. The summed E-state index contributed by atoms with van der Waals surface area (Å²) in [5.41, 5.74) is 3.97. The van der Waals surface area contributed by atoms with Crippen LogP contribution in [0.2, 0.25) is 0 Å². The lowest BCUT2D eigenvalue weighted by molar-refractivity contribution is -0.123. The Hall–Kier alpha value is -2.82. The van der Waals surface area contributed by atoms with Crippen LogP contribution in [0.15, 0.2) is 42.5 Å². The van der Waals surface area contributed by atoms with Crippen LogP contribution in [-0.4, -0.2) is 24.8 Å². The molecular weight excluding hydrogens is 304 g/mol. The zero-order valence-electron chi connectivity index (χ0n) is 13.8. The van der Waals surface area contributed by atoms with Gasteiger partial charge in [0.15, 0.2) is 6.61 Å². The maximum Gasteiger partial charge on any atom is 0.265 e. The van der Waals surface area contributed by atoms with Gasteiger partial charge in [0.2, 0.25) is 0 Å². The number of fused-ring (bicyclic) bond motifs is 1. The van der Waals surface area contributed by atoms with Gasteiger partial charge in [-0.2, -0.15) is 0 Å². The second kappa shape index (κ2) is 6.74. The fourth-order valence-electron chi connectivity index (χ4n) is 2.74. The molecule has 0 saturated heterocycles. The van der Waals surface area contributed by atoms with E-state index >= 15 is 0 Å². The SMILES string of the molecule is CC(=O)CN1C(=O)COc2cc(NCc3cccc(C)c3)ccc21. The van der Waals surface area contributed by atoms with E-state index in [-0.39, 0.29) is 24.8 Å². The van der Waals surface area contributed by atoms with Gasteiger partial charge in [0, 0.05) is 18.3 Å². The number of aryl methyl sites for hydroxylation is 1. The number of anilines is 2. The van der Waals surface area contributed by atoms with E-state index in [9.17, 15) is 9.59 Å². The molecule has 1 N–H and O–H groups in total. The number of benzene rings is 2. The number of ketones is 1. The van der Waals surface area contributed by atoms with Gasteiger partial charge in [-0.1, -0.05) is 29.8 Å². The summed E-state index contributed by atoms with van der Waals surface area (Å²) in [7, 11) is 0. The van der Waals surface area contributed by atoms with Crippen LogP contribution in [0.4, 0.5) is 11.4 Å². The predicted octanol–water partition coefficient (Wildman–Crippen LogP) is 2.92. The van der Waals surface area contributed by atoms with Gasteiger partial charge < -0.3 is 10.1 Å². The van der Waals surface area contributed by atoms with Crippen molar-refractivity contribution in [2.75, 3.05) is 23.4 Å². The molecule has 0 saturated carbocycles. The van der Waals surface area contributed by atoms with Crippen molar-refractivity contribution in [3.63, 3.8) is 0 Å². The molecule has 1 amide bonds. The monoisotopic (exact) mass is 324 g/mol. The minimum Gasteiger partial charge on any atom is -0.481 e. The van der Waals surface area contributed by atoms with Crippen molar-refractivity contribution >= 4 is 23.1 Å². The fraction of sp³-hybridized carbons (Fsp3) is 0.263. The quantitative estimate of drug-likeness (QED) is 0.919. The molecule has 5 nitrogen and oxygen atoms in total. The molecule has 1 aliphatic rings. The molecule has 2 aromatic rings. The minimum atomic E-state index is -0.196. The Labute approximate surface area is 141 Å². The highest BCUT2D eigenvalue weighted by molar-refractivity contribution is 6.02. The van der Waals surface area contributed by atoms with E-state index in [1.807, 2.05) is 24.3 Å². The highest BCUT2D eigenvalue weighted by Gasteiger charge is 2.26. The Morgan fingerprint density at radius 3 is 2.83 bits per heavy atom. The number of ether oxygens (including phenoxy) is 1. The van der Waals surface area contributed by atoms with Gasteiger partial charge in [0.1, 0.15) is 11.5 Å². The van der Waals surface area contributed by atoms with Gasteiger partial charge in [-0.25, -0.2) is 0 Å². The van der Waals surface area contributed by atoms with Crippen molar-refractivity contribution < 1.29 is 14.3 Å². The van der Waals surface area contributed by atoms with E-state index in [1.54, 1.807) is 0 Å². The second-order valence-electron chi connectivity index (χ2n) is 6.00. The third-order valence-electron chi connectivity index (χ3n) is 3.86.